The Morgan fingerprint density at radius 1 is 1.05 bits per heavy atom. The highest BCUT2D eigenvalue weighted by molar-refractivity contribution is 7.99. The summed E-state index contributed by atoms with van der Waals surface area (Å²) in [6, 6.07) is 12.0. The van der Waals surface area contributed by atoms with Crippen molar-refractivity contribution in [1.82, 2.24) is 4.57 Å². The largest absolute Gasteiger partial charge is 0.494 e. The Balaban J connectivity index is 1.80. The molecule has 1 aromatic heterocycles. The second kappa shape index (κ2) is 11.0. The van der Waals surface area contributed by atoms with Crippen LogP contribution in [0.2, 0.25) is 5.02 Å². The van der Waals surface area contributed by atoms with Crippen molar-refractivity contribution in [3.8, 4) is 16.9 Å². The van der Waals surface area contributed by atoms with Gasteiger partial charge in [0.15, 0.2) is 17.3 Å². The van der Waals surface area contributed by atoms with E-state index >= 15 is 4.39 Å². The summed E-state index contributed by atoms with van der Waals surface area (Å²) >= 11 is 7.35. The van der Waals surface area contributed by atoms with Crippen molar-refractivity contribution >= 4 is 29.1 Å². The first-order chi connectivity index (χ1) is 19.5. The number of benzene rings is 3. The highest BCUT2D eigenvalue weighted by atomic mass is 35.5. The summed E-state index contributed by atoms with van der Waals surface area (Å²) in [6.45, 7) is 1.48. The van der Waals surface area contributed by atoms with Gasteiger partial charge in [0.05, 0.1) is 28.3 Å². The molecule has 0 fully saturated rings. The molecule has 5 rings (SSSR count). The molecule has 11 heteroatoms. The van der Waals surface area contributed by atoms with E-state index in [-0.39, 0.29) is 49.4 Å². The van der Waals surface area contributed by atoms with Crippen molar-refractivity contribution in [3.05, 3.63) is 115 Å². The van der Waals surface area contributed by atoms with Gasteiger partial charge in [-0.3, -0.25) is 14.2 Å². The standard InChI is InChI=1S/C30H21ClF5NO3S/c1-15-18(13-19-20(30(34,35)36)9-6-11-22(19)32)29-37(23(14-41-29)27(38)16-7-3-4-10-21(16)31)28(39)25(15)17-8-5-12-24(40-2)26(17)33/h3-12,23H,13-14H2,1-2H3. The van der Waals surface area contributed by atoms with Crippen molar-refractivity contribution in [2.45, 2.75) is 30.6 Å². The van der Waals surface area contributed by atoms with E-state index in [1.807, 2.05) is 0 Å². The number of rotatable bonds is 6. The maximum absolute atomic E-state index is 15.5. The number of fused-ring (bicyclic) bond motifs is 1. The monoisotopic (exact) mass is 605 g/mol. The minimum absolute atomic E-state index is 0.0686. The molecule has 1 atom stereocenters. The number of alkyl halides is 3. The van der Waals surface area contributed by atoms with Crippen LogP contribution in [0, 0.1) is 18.6 Å². The van der Waals surface area contributed by atoms with Gasteiger partial charge in [0, 0.05) is 28.9 Å². The van der Waals surface area contributed by atoms with Gasteiger partial charge >= 0.3 is 6.18 Å². The molecule has 2 heterocycles. The number of ketones is 1. The first kappa shape index (κ1) is 28.9. The lowest BCUT2D eigenvalue weighted by molar-refractivity contribution is -0.138. The van der Waals surface area contributed by atoms with E-state index in [0.29, 0.717) is 0 Å². The second-order valence-corrected chi connectivity index (χ2v) is 10.8. The smallest absolute Gasteiger partial charge is 0.416 e. The fourth-order valence-electron chi connectivity index (χ4n) is 5.10. The number of pyridine rings is 1. The molecular formula is C30H21ClF5NO3S. The van der Waals surface area contributed by atoms with Crippen LogP contribution in [0.1, 0.15) is 38.7 Å². The lowest BCUT2D eigenvalue weighted by atomic mass is 9.92. The molecule has 212 valence electrons. The summed E-state index contributed by atoms with van der Waals surface area (Å²) in [5.41, 5.74) is -2.32. The molecule has 41 heavy (non-hydrogen) atoms. The molecule has 0 radical (unpaired) electrons. The number of halogens is 6. The topological polar surface area (TPSA) is 48.3 Å². The second-order valence-electron chi connectivity index (χ2n) is 9.39. The average Bonchev–Trinajstić information content (AvgIpc) is 3.37. The lowest BCUT2D eigenvalue weighted by Crippen LogP contribution is -2.32. The van der Waals surface area contributed by atoms with Crippen molar-refractivity contribution in [1.29, 1.82) is 0 Å². The molecule has 0 spiro atoms. The van der Waals surface area contributed by atoms with Gasteiger partial charge in [-0.2, -0.15) is 13.2 Å². The number of methoxy groups -OCH3 is 1. The van der Waals surface area contributed by atoms with E-state index in [4.69, 9.17) is 16.3 Å². The summed E-state index contributed by atoms with van der Waals surface area (Å²) in [7, 11) is 1.25. The Morgan fingerprint density at radius 3 is 2.44 bits per heavy atom. The zero-order chi connectivity index (χ0) is 29.6. The molecule has 4 nitrogen and oxygen atoms in total. The Labute approximate surface area is 240 Å². The van der Waals surface area contributed by atoms with E-state index in [2.05, 4.69) is 0 Å². The lowest BCUT2D eigenvalue weighted by Gasteiger charge is -2.22. The van der Waals surface area contributed by atoms with Crippen LogP contribution >= 0.6 is 23.4 Å². The first-order valence-electron chi connectivity index (χ1n) is 12.3. The zero-order valence-electron chi connectivity index (χ0n) is 21.6. The average molecular weight is 606 g/mol. The van der Waals surface area contributed by atoms with Crippen molar-refractivity contribution in [3.63, 3.8) is 0 Å². The number of aromatic nitrogens is 1. The number of ether oxygens (including phenoxy) is 1. The summed E-state index contributed by atoms with van der Waals surface area (Å²) in [5, 5.41) is 0.373. The minimum Gasteiger partial charge on any atom is -0.494 e. The highest BCUT2D eigenvalue weighted by Crippen LogP contribution is 2.43. The fourth-order valence-corrected chi connectivity index (χ4v) is 6.70. The van der Waals surface area contributed by atoms with Crippen LogP contribution in [0.15, 0.2) is 70.5 Å². The van der Waals surface area contributed by atoms with Crippen LogP contribution in [0.4, 0.5) is 22.0 Å². The van der Waals surface area contributed by atoms with Crippen molar-refractivity contribution in [2.24, 2.45) is 0 Å². The van der Waals surface area contributed by atoms with Crippen LogP contribution in [0.3, 0.4) is 0 Å². The number of hydrogen-bond donors (Lipinski definition) is 0. The maximum atomic E-state index is 15.5. The molecule has 1 unspecified atom stereocenters. The Kier molecular flexibility index (Phi) is 7.74. The van der Waals surface area contributed by atoms with E-state index in [9.17, 15) is 27.2 Å². The van der Waals surface area contributed by atoms with E-state index in [1.54, 1.807) is 12.1 Å². The predicted molar refractivity (Wildman–Crippen MR) is 147 cm³/mol. The Morgan fingerprint density at radius 2 is 1.76 bits per heavy atom. The molecule has 3 aromatic carbocycles. The van der Waals surface area contributed by atoms with Gasteiger partial charge in [-0.05, 0) is 48.4 Å². The van der Waals surface area contributed by atoms with E-state index < -0.39 is 52.7 Å². The third-order valence-corrected chi connectivity index (χ3v) is 8.63. The highest BCUT2D eigenvalue weighted by Gasteiger charge is 2.38. The maximum Gasteiger partial charge on any atom is 0.416 e. The van der Waals surface area contributed by atoms with Crippen LogP contribution < -0.4 is 10.3 Å². The third kappa shape index (κ3) is 5.04. The van der Waals surface area contributed by atoms with Gasteiger partial charge in [0.25, 0.3) is 5.56 Å². The molecule has 0 bridgehead atoms. The number of carbonyl (C=O) groups excluding carboxylic acids is 1. The van der Waals surface area contributed by atoms with Crippen LogP contribution in [0.25, 0.3) is 11.1 Å². The summed E-state index contributed by atoms with van der Waals surface area (Å²) < 4.78 is 78.4. The normalized spacial score (nSPS) is 14.7. The molecular weight excluding hydrogens is 585 g/mol. The van der Waals surface area contributed by atoms with Gasteiger partial charge in [-0.15, -0.1) is 11.8 Å². The van der Waals surface area contributed by atoms with Crippen LogP contribution in [-0.2, 0) is 12.6 Å². The third-order valence-electron chi connectivity index (χ3n) is 7.10. The molecule has 0 saturated carbocycles. The summed E-state index contributed by atoms with van der Waals surface area (Å²) in [4.78, 5) is 27.7. The number of hydrogen-bond acceptors (Lipinski definition) is 4. The minimum atomic E-state index is -4.85. The summed E-state index contributed by atoms with van der Waals surface area (Å²) in [6.07, 6.45) is -5.40. The van der Waals surface area contributed by atoms with E-state index in [0.717, 1.165) is 30.0 Å². The van der Waals surface area contributed by atoms with Gasteiger partial charge in [-0.1, -0.05) is 41.9 Å². The van der Waals surface area contributed by atoms with Crippen molar-refractivity contribution < 1.29 is 31.5 Å². The predicted octanol–water partition coefficient (Wildman–Crippen LogP) is 7.90. The molecule has 1 aliphatic heterocycles. The van der Waals surface area contributed by atoms with E-state index in [1.165, 1.54) is 48.9 Å². The Hall–Kier alpha value is -3.63. The fraction of sp³-hybridized carbons (Fsp3) is 0.200. The number of nitrogens with zero attached hydrogens (tertiary/aromatic N) is 1. The number of Topliss-reactive ketones (excluding diaryl/α,β-unsaturated/α-hetero) is 1. The van der Waals surface area contributed by atoms with Crippen molar-refractivity contribution in [2.75, 3.05) is 12.9 Å². The molecule has 0 saturated heterocycles. The van der Waals surface area contributed by atoms with Crippen LogP contribution in [-0.4, -0.2) is 23.2 Å². The molecule has 0 aliphatic carbocycles. The zero-order valence-corrected chi connectivity index (χ0v) is 23.2. The van der Waals surface area contributed by atoms with Crippen LogP contribution in [0.5, 0.6) is 5.75 Å². The molecule has 0 N–H and O–H groups in total. The first-order valence-corrected chi connectivity index (χ1v) is 13.7. The number of thioether (sulfide) groups is 1. The van der Waals surface area contributed by atoms with Gasteiger partial charge in [-0.25, -0.2) is 8.78 Å². The molecule has 1 aliphatic rings. The molecule has 4 aromatic rings. The van der Waals surface area contributed by atoms with Gasteiger partial charge in [0.2, 0.25) is 0 Å². The quantitative estimate of drug-likeness (QED) is 0.166. The van der Waals surface area contributed by atoms with Gasteiger partial charge in [0.1, 0.15) is 11.9 Å². The summed E-state index contributed by atoms with van der Waals surface area (Å²) in [5.74, 6) is -2.51. The Bertz CT molecular complexity index is 1750. The number of carbonyl (C=O) groups is 1. The van der Waals surface area contributed by atoms with Gasteiger partial charge < -0.3 is 4.74 Å². The molecule has 0 amide bonds. The SMILES string of the molecule is COc1cccc(-c2c(C)c(Cc3c(F)cccc3C(F)(F)F)c3n(c2=O)C(C(=O)c2ccccc2Cl)CS3)c1F.